The maximum Gasteiger partial charge on any atom is 0.203 e. The molecule has 4 nitrogen and oxygen atoms in total. The molecule has 114 valence electrons. The summed E-state index contributed by atoms with van der Waals surface area (Å²) >= 11 is 0. The first-order chi connectivity index (χ1) is 9.76. The van der Waals surface area contributed by atoms with E-state index in [1.807, 2.05) is 12.1 Å². The molecule has 0 saturated heterocycles. The Labute approximate surface area is 122 Å². The fraction of sp³-hybridized carbons (Fsp3) is 0.625. The van der Waals surface area contributed by atoms with Crippen molar-refractivity contribution < 1.29 is 14.2 Å². The Hall–Kier alpha value is -1.42. The Morgan fingerprint density at radius 2 is 1.55 bits per heavy atom. The number of benzene rings is 1. The molecular formula is C16H27NO3. The fourth-order valence-corrected chi connectivity index (χ4v) is 2.15. The van der Waals surface area contributed by atoms with Gasteiger partial charge in [0.25, 0.3) is 0 Å². The van der Waals surface area contributed by atoms with Gasteiger partial charge in [0.05, 0.1) is 21.3 Å². The van der Waals surface area contributed by atoms with E-state index in [9.17, 15) is 0 Å². The van der Waals surface area contributed by atoms with E-state index in [0.29, 0.717) is 17.2 Å². The summed E-state index contributed by atoms with van der Waals surface area (Å²) in [6.45, 7) is 4.07. The Kier molecular flexibility index (Phi) is 7.88. The van der Waals surface area contributed by atoms with Crippen molar-refractivity contribution in [2.45, 2.75) is 39.2 Å². The van der Waals surface area contributed by atoms with Crippen LogP contribution in [-0.4, -0.2) is 27.9 Å². The van der Waals surface area contributed by atoms with Crippen molar-refractivity contribution in [2.24, 2.45) is 0 Å². The van der Waals surface area contributed by atoms with Crippen molar-refractivity contribution in [3.8, 4) is 17.2 Å². The molecule has 0 saturated carbocycles. The van der Waals surface area contributed by atoms with Crippen LogP contribution in [0.15, 0.2) is 12.1 Å². The Morgan fingerprint density at radius 3 is 2.05 bits per heavy atom. The summed E-state index contributed by atoms with van der Waals surface area (Å²) in [4.78, 5) is 0. The lowest BCUT2D eigenvalue weighted by Gasteiger charge is -2.14. The standard InChI is InChI=1S/C16H27NO3/c1-5-6-7-8-9-17-12-13-10-14(18-2)16(20-4)15(11-13)19-3/h10-11,17H,5-9,12H2,1-4H3. The Morgan fingerprint density at radius 1 is 0.900 bits per heavy atom. The maximum absolute atomic E-state index is 5.35. The minimum Gasteiger partial charge on any atom is -0.493 e. The van der Waals surface area contributed by atoms with Crippen molar-refractivity contribution in [2.75, 3.05) is 27.9 Å². The van der Waals surface area contributed by atoms with Gasteiger partial charge in [0.2, 0.25) is 5.75 Å². The molecule has 1 aromatic rings. The number of unbranched alkanes of at least 4 members (excludes halogenated alkanes) is 3. The number of ether oxygens (including phenoxy) is 3. The monoisotopic (exact) mass is 281 g/mol. The summed E-state index contributed by atoms with van der Waals surface area (Å²) < 4.78 is 16.0. The van der Waals surface area contributed by atoms with E-state index in [1.54, 1.807) is 21.3 Å². The van der Waals surface area contributed by atoms with Gasteiger partial charge in [-0.25, -0.2) is 0 Å². The molecule has 0 aliphatic rings. The van der Waals surface area contributed by atoms with Gasteiger partial charge in [0.15, 0.2) is 11.5 Å². The van der Waals surface area contributed by atoms with Crippen LogP contribution < -0.4 is 19.5 Å². The molecule has 0 atom stereocenters. The van der Waals surface area contributed by atoms with Gasteiger partial charge in [-0.1, -0.05) is 26.2 Å². The summed E-state index contributed by atoms with van der Waals surface area (Å²) in [5.74, 6) is 2.05. The van der Waals surface area contributed by atoms with Crippen molar-refractivity contribution in [1.29, 1.82) is 0 Å². The van der Waals surface area contributed by atoms with Gasteiger partial charge in [-0.3, -0.25) is 0 Å². The minimum atomic E-state index is 0.640. The molecule has 0 amide bonds. The lowest BCUT2D eigenvalue weighted by molar-refractivity contribution is 0.323. The van der Waals surface area contributed by atoms with Crippen molar-refractivity contribution >= 4 is 0 Å². The van der Waals surface area contributed by atoms with Crippen LogP contribution in [-0.2, 0) is 6.54 Å². The third-order valence-electron chi connectivity index (χ3n) is 3.26. The quantitative estimate of drug-likeness (QED) is 0.667. The highest BCUT2D eigenvalue weighted by Gasteiger charge is 2.12. The van der Waals surface area contributed by atoms with Crippen LogP contribution in [0.3, 0.4) is 0 Å². The number of nitrogens with one attached hydrogen (secondary N) is 1. The van der Waals surface area contributed by atoms with Crippen LogP contribution in [0.2, 0.25) is 0 Å². The first kappa shape index (κ1) is 16.6. The Balaban J connectivity index is 2.57. The largest absolute Gasteiger partial charge is 0.493 e. The molecule has 0 spiro atoms. The minimum absolute atomic E-state index is 0.640. The van der Waals surface area contributed by atoms with Crippen LogP contribution in [0, 0.1) is 0 Å². The molecule has 1 aromatic carbocycles. The van der Waals surface area contributed by atoms with E-state index in [-0.39, 0.29) is 0 Å². The first-order valence-electron chi connectivity index (χ1n) is 7.26. The zero-order chi connectivity index (χ0) is 14.8. The molecule has 1 N–H and O–H groups in total. The molecule has 0 aromatic heterocycles. The summed E-state index contributed by atoms with van der Waals surface area (Å²) in [5.41, 5.74) is 1.13. The highest BCUT2D eigenvalue weighted by molar-refractivity contribution is 5.53. The van der Waals surface area contributed by atoms with Crippen LogP contribution >= 0.6 is 0 Å². The van der Waals surface area contributed by atoms with Crippen LogP contribution in [0.4, 0.5) is 0 Å². The van der Waals surface area contributed by atoms with Gasteiger partial charge in [0, 0.05) is 6.54 Å². The second kappa shape index (κ2) is 9.48. The maximum atomic E-state index is 5.35. The molecule has 4 heteroatoms. The number of hydrogen-bond donors (Lipinski definition) is 1. The average Bonchev–Trinajstić information content (AvgIpc) is 2.49. The molecule has 0 heterocycles. The molecule has 0 aliphatic heterocycles. The number of methoxy groups -OCH3 is 3. The van der Waals surface area contributed by atoms with Crippen molar-refractivity contribution in [3.63, 3.8) is 0 Å². The molecule has 0 radical (unpaired) electrons. The van der Waals surface area contributed by atoms with Gasteiger partial charge in [-0.2, -0.15) is 0 Å². The molecule has 0 bridgehead atoms. The predicted octanol–water partition coefficient (Wildman–Crippen LogP) is 3.38. The normalized spacial score (nSPS) is 10.4. The third kappa shape index (κ3) is 4.93. The van der Waals surface area contributed by atoms with Gasteiger partial charge in [-0.15, -0.1) is 0 Å². The number of rotatable bonds is 10. The smallest absolute Gasteiger partial charge is 0.203 e. The molecular weight excluding hydrogens is 254 g/mol. The van der Waals surface area contributed by atoms with E-state index in [2.05, 4.69) is 12.2 Å². The summed E-state index contributed by atoms with van der Waals surface area (Å²) in [5, 5.41) is 3.45. The fourth-order valence-electron chi connectivity index (χ4n) is 2.15. The summed E-state index contributed by atoms with van der Waals surface area (Å²) in [6, 6.07) is 3.97. The van der Waals surface area contributed by atoms with E-state index in [1.165, 1.54) is 25.7 Å². The van der Waals surface area contributed by atoms with Gasteiger partial charge in [0.1, 0.15) is 0 Å². The highest BCUT2D eigenvalue weighted by atomic mass is 16.5. The van der Waals surface area contributed by atoms with E-state index >= 15 is 0 Å². The van der Waals surface area contributed by atoms with Gasteiger partial charge >= 0.3 is 0 Å². The molecule has 1 rings (SSSR count). The second-order valence-electron chi connectivity index (χ2n) is 4.77. The third-order valence-corrected chi connectivity index (χ3v) is 3.26. The molecule has 20 heavy (non-hydrogen) atoms. The van der Waals surface area contributed by atoms with Crippen LogP contribution in [0.1, 0.15) is 38.2 Å². The van der Waals surface area contributed by atoms with Gasteiger partial charge < -0.3 is 19.5 Å². The summed E-state index contributed by atoms with van der Waals surface area (Å²) in [6.07, 6.45) is 5.09. The highest BCUT2D eigenvalue weighted by Crippen LogP contribution is 2.38. The zero-order valence-corrected chi connectivity index (χ0v) is 13.1. The SMILES string of the molecule is CCCCCCNCc1cc(OC)c(OC)c(OC)c1. The predicted molar refractivity (Wildman–Crippen MR) is 81.9 cm³/mol. The van der Waals surface area contributed by atoms with Gasteiger partial charge in [-0.05, 0) is 30.7 Å². The Bertz CT molecular complexity index is 368. The summed E-state index contributed by atoms with van der Waals surface area (Å²) in [7, 11) is 4.89. The second-order valence-corrected chi connectivity index (χ2v) is 4.77. The lowest BCUT2D eigenvalue weighted by atomic mass is 10.1. The van der Waals surface area contributed by atoms with E-state index in [4.69, 9.17) is 14.2 Å². The lowest BCUT2D eigenvalue weighted by Crippen LogP contribution is -2.14. The van der Waals surface area contributed by atoms with Crippen LogP contribution in [0.5, 0.6) is 17.2 Å². The molecule has 0 aliphatic carbocycles. The van der Waals surface area contributed by atoms with Crippen molar-refractivity contribution in [3.05, 3.63) is 17.7 Å². The first-order valence-corrected chi connectivity index (χ1v) is 7.26. The zero-order valence-electron chi connectivity index (χ0n) is 13.1. The van der Waals surface area contributed by atoms with E-state index < -0.39 is 0 Å². The van der Waals surface area contributed by atoms with Crippen molar-refractivity contribution in [1.82, 2.24) is 5.32 Å². The molecule has 0 unspecified atom stereocenters. The molecule has 0 fully saturated rings. The van der Waals surface area contributed by atoms with Crippen LogP contribution in [0.25, 0.3) is 0 Å². The van der Waals surface area contributed by atoms with E-state index in [0.717, 1.165) is 18.7 Å². The number of hydrogen-bond acceptors (Lipinski definition) is 4. The topological polar surface area (TPSA) is 39.7 Å². The average molecular weight is 281 g/mol.